The predicted molar refractivity (Wildman–Crippen MR) is 174 cm³/mol. The summed E-state index contributed by atoms with van der Waals surface area (Å²) in [5, 5.41) is 0.860. The lowest BCUT2D eigenvalue weighted by Crippen LogP contribution is -2.44. The number of rotatable bonds is 5. The number of hydrogen-bond donors (Lipinski definition) is 1. The molecule has 4 aromatic rings. The van der Waals surface area contributed by atoms with E-state index in [9.17, 15) is 8.78 Å². The zero-order valence-corrected chi connectivity index (χ0v) is 26.6. The van der Waals surface area contributed by atoms with E-state index in [1.807, 2.05) is 0 Å². The first-order valence-corrected chi connectivity index (χ1v) is 16.8. The highest BCUT2D eigenvalue weighted by Gasteiger charge is 2.49. The van der Waals surface area contributed by atoms with E-state index in [0.29, 0.717) is 50.5 Å². The Balaban J connectivity index is 1.29. The number of halogens is 4. The number of ether oxygens (including phenoxy) is 2. The summed E-state index contributed by atoms with van der Waals surface area (Å²) in [6.07, 6.45) is 4.12. The molecule has 240 valence electrons. The van der Waals surface area contributed by atoms with Crippen molar-refractivity contribution in [3.63, 3.8) is 0 Å². The van der Waals surface area contributed by atoms with Crippen molar-refractivity contribution in [1.29, 1.82) is 0 Å². The van der Waals surface area contributed by atoms with Gasteiger partial charge >= 0.3 is 6.01 Å². The molecule has 4 aliphatic heterocycles. The van der Waals surface area contributed by atoms with Gasteiger partial charge in [-0.05, 0) is 56.3 Å². The molecular formula is C33H32ClF3N6O2S. The minimum atomic E-state index is -0.920. The fourth-order valence-corrected chi connectivity index (χ4v) is 9.45. The quantitative estimate of drug-likeness (QED) is 0.220. The molecule has 2 N–H and O–H groups in total. The van der Waals surface area contributed by atoms with Gasteiger partial charge in [-0.25, -0.2) is 18.0 Å². The predicted octanol–water partition coefficient (Wildman–Crippen LogP) is 7.54. The molecule has 4 aliphatic rings. The molecule has 8 nitrogen and oxygen atoms in total. The largest absolute Gasteiger partial charge is 0.461 e. The first-order chi connectivity index (χ1) is 22.2. The second kappa shape index (κ2) is 11.1. The lowest BCUT2D eigenvalue weighted by Gasteiger charge is -2.40. The molecule has 2 aromatic heterocycles. The molecule has 2 aromatic carbocycles. The first-order valence-electron chi connectivity index (χ1n) is 15.6. The fraction of sp³-hybridized carbons (Fsp3) is 0.485. The third kappa shape index (κ3) is 4.69. The van der Waals surface area contributed by atoms with Crippen LogP contribution in [0.2, 0.25) is 5.02 Å². The molecule has 6 heterocycles. The summed E-state index contributed by atoms with van der Waals surface area (Å²) in [5.74, 6) is -0.772. The summed E-state index contributed by atoms with van der Waals surface area (Å²) in [5.41, 5.74) is 5.93. The van der Waals surface area contributed by atoms with E-state index in [4.69, 9.17) is 38.4 Å². The van der Waals surface area contributed by atoms with Crippen molar-refractivity contribution >= 4 is 60.4 Å². The first kappa shape index (κ1) is 30.0. The maximum absolute atomic E-state index is 17.0. The van der Waals surface area contributed by atoms with Crippen LogP contribution in [0.5, 0.6) is 6.01 Å². The molecular weight excluding hydrogens is 637 g/mol. The van der Waals surface area contributed by atoms with Crippen LogP contribution in [-0.4, -0.2) is 72.6 Å². The number of anilines is 2. The molecule has 46 heavy (non-hydrogen) atoms. The Bertz CT molecular complexity index is 1930. The van der Waals surface area contributed by atoms with Gasteiger partial charge in [-0.1, -0.05) is 17.7 Å². The summed E-state index contributed by atoms with van der Waals surface area (Å²) in [6, 6.07) is 4.30. The van der Waals surface area contributed by atoms with Gasteiger partial charge in [0.15, 0.2) is 5.82 Å². The molecule has 3 atom stereocenters. The van der Waals surface area contributed by atoms with Gasteiger partial charge < -0.3 is 20.1 Å². The summed E-state index contributed by atoms with van der Waals surface area (Å²) >= 11 is 7.82. The summed E-state index contributed by atoms with van der Waals surface area (Å²) in [7, 11) is 0. The SMILES string of the molecule is [C-]#[N+]c1c(N)sc2c(F)ccc(-c3c(Cl)cc4c(N5CCCC6(CCOC6)C5)nc(OC[C@@]56CCCN5C[C@H](F)C6)nc4c3F)c12. The Morgan fingerprint density at radius 3 is 2.85 bits per heavy atom. The van der Waals surface area contributed by atoms with Gasteiger partial charge in [-0.15, -0.1) is 11.3 Å². The highest BCUT2D eigenvalue weighted by atomic mass is 35.5. The van der Waals surface area contributed by atoms with Gasteiger partial charge in [0.25, 0.3) is 0 Å². The van der Waals surface area contributed by atoms with E-state index >= 15 is 4.39 Å². The van der Waals surface area contributed by atoms with E-state index in [1.54, 1.807) is 6.07 Å². The van der Waals surface area contributed by atoms with E-state index in [2.05, 4.69) is 19.6 Å². The third-order valence-electron chi connectivity index (χ3n) is 10.4. The summed E-state index contributed by atoms with van der Waals surface area (Å²) in [4.78, 5) is 17.3. The maximum atomic E-state index is 17.0. The smallest absolute Gasteiger partial charge is 0.319 e. The molecule has 0 aliphatic carbocycles. The Hall–Kier alpha value is -3.37. The van der Waals surface area contributed by atoms with Crippen molar-refractivity contribution in [2.75, 3.05) is 56.6 Å². The number of aromatic nitrogens is 2. The van der Waals surface area contributed by atoms with Gasteiger partial charge in [0, 0.05) is 54.4 Å². The minimum Gasteiger partial charge on any atom is -0.461 e. The van der Waals surface area contributed by atoms with Crippen LogP contribution in [0.15, 0.2) is 18.2 Å². The number of nitrogens with zero attached hydrogens (tertiary/aromatic N) is 5. The summed E-state index contributed by atoms with van der Waals surface area (Å²) < 4.78 is 58.6. The second-order valence-electron chi connectivity index (χ2n) is 13.2. The highest BCUT2D eigenvalue weighted by molar-refractivity contribution is 7.23. The van der Waals surface area contributed by atoms with Crippen molar-refractivity contribution in [3.05, 3.63) is 46.3 Å². The Morgan fingerprint density at radius 2 is 2.04 bits per heavy atom. The third-order valence-corrected chi connectivity index (χ3v) is 11.7. The Kier molecular flexibility index (Phi) is 7.25. The second-order valence-corrected chi connectivity index (χ2v) is 14.7. The van der Waals surface area contributed by atoms with Gasteiger partial charge in [-0.3, -0.25) is 4.90 Å². The molecule has 13 heteroatoms. The van der Waals surface area contributed by atoms with Gasteiger partial charge in [0.05, 0.1) is 33.4 Å². The van der Waals surface area contributed by atoms with Crippen molar-refractivity contribution in [1.82, 2.24) is 14.9 Å². The van der Waals surface area contributed by atoms with Gasteiger partial charge in [0.1, 0.15) is 29.9 Å². The number of benzene rings is 2. The number of thiophene rings is 1. The zero-order valence-electron chi connectivity index (χ0n) is 25.1. The molecule has 4 saturated heterocycles. The molecule has 0 amide bonds. The fourth-order valence-electron chi connectivity index (χ4n) is 8.21. The van der Waals surface area contributed by atoms with E-state index in [1.165, 1.54) is 12.1 Å². The molecule has 1 unspecified atom stereocenters. The Labute approximate surface area is 273 Å². The highest BCUT2D eigenvalue weighted by Crippen LogP contribution is 2.50. The molecule has 4 fully saturated rings. The molecule has 8 rings (SSSR count). The van der Waals surface area contributed by atoms with Crippen LogP contribution in [0.25, 0.3) is 37.0 Å². The number of hydrogen-bond acceptors (Lipinski definition) is 8. The van der Waals surface area contributed by atoms with E-state index in [0.717, 1.165) is 50.0 Å². The monoisotopic (exact) mass is 668 g/mol. The van der Waals surface area contributed by atoms with Crippen LogP contribution >= 0.6 is 22.9 Å². The number of nitrogens with two attached hydrogens (primary N) is 1. The molecule has 1 spiro atoms. The molecule has 0 bridgehead atoms. The Morgan fingerprint density at radius 1 is 1.20 bits per heavy atom. The number of piperidine rings is 1. The standard InChI is InChI=1S/C33H32ClF3N6O2S/c1-39-27-24-19(4-5-22(36)28(24)46-29(27)38)23-21(34)12-20-26(25(23)37)40-31(45-17-33-7-3-10-43(33)14-18(35)13-33)41-30(20)42-9-2-6-32(15-42)8-11-44-16-32/h4-5,12,18H,2-3,6-11,13-17,38H2/t18-,32?,33+/m1/s1. The van der Waals surface area contributed by atoms with E-state index in [-0.39, 0.29) is 60.5 Å². The van der Waals surface area contributed by atoms with Crippen LogP contribution in [0.1, 0.15) is 38.5 Å². The molecule has 0 radical (unpaired) electrons. The van der Waals surface area contributed by atoms with E-state index < -0.39 is 23.3 Å². The van der Waals surface area contributed by atoms with Crippen molar-refractivity contribution < 1.29 is 22.6 Å². The maximum Gasteiger partial charge on any atom is 0.319 e. The van der Waals surface area contributed by atoms with Crippen LogP contribution in [0, 0.1) is 23.6 Å². The number of nitrogen functional groups attached to an aromatic ring is 1. The molecule has 0 saturated carbocycles. The van der Waals surface area contributed by atoms with Crippen molar-refractivity contribution in [2.24, 2.45) is 5.41 Å². The lowest BCUT2D eigenvalue weighted by molar-refractivity contribution is 0.107. The van der Waals surface area contributed by atoms with Crippen LogP contribution in [0.4, 0.5) is 29.7 Å². The number of alkyl halides is 1. The van der Waals surface area contributed by atoms with Crippen LogP contribution < -0.4 is 15.4 Å². The zero-order chi connectivity index (χ0) is 31.8. The summed E-state index contributed by atoms with van der Waals surface area (Å²) in [6.45, 7) is 11.8. The van der Waals surface area contributed by atoms with Crippen LogP contribution in [-0.2, 0) is 4.74 Å². The lowest BCUT2D eigenvalue weighted by atomic mass is 9.79. The average molecular weight is 669 g/mol. The van der Waals surface area contributed by atoms with Gasteiger partial charge in [0.2, 0.25) is 5.69 Å². The average Bonchev–Trinajstić information content (AvgIpc) is 3.80. The normalized spacial score (nSPS) is 26.4. The van der Waals surface area contributed by atoms with Crippen LogP contribution in [0.3, 0.4) is 0 Å². The topological polar surface area (TPSA) is 81.1 Å². The minimum absolute atomic E-state index is 0.00213. The number of fused-ring (bicyclic) bond motifs is 3. The van der Waals surface area contributed by atoms with Crippen molar-refractivity contribution in [2.45, 2.75) is 50.2 Å². The van der Waals surface area contributed by atoms with Gasteiger partial charge in [-0.2, -0.15) is 9.97 Å². The van der Waals surface area contributed by atoms with Crippen molar-refractivity contribution in [3.8, 4) is 17.1 Å².